The zero-order valence-electron chi connectivity index (χ0n) is 8.20. The lowest BCUT2D eigenvalue weighted by atomic mass is 10.3. The third-order valence-corrected chi connectivity index (χ3v) is 2.56. The van der Waals surface area contributed by atoms with Crippen LogP contribution in [-0.2, 0) is 5.75 Å². The van der Waals surface area contributed by atoms with Crippen LogP contribution in [0.25, 0.3) is 6.08 Å². The molecule has 1 rings (SSSR count). The van der Waals surface area contributed by atoms with E-state index in [-0.39, 0.29) is 4.75 Å². The topological polar surface area (TPSA) is 38.9 Å². The molecular formula is C9H14N2OS. The molecular weight excluding hydrogens is 184 g/mol. The number of thioether (sulfide) groups is 1. The molecule has 3 nitrogen and oxygen atoms in total. The third kappa shape index (κ3) is 3.63. The van der Waals surface area contributed by atoms with Gasteiger partial charge in [0.25, 0.3) is 0 Å². The highest BCUT2D eigenvalue weighted by Gasteiger charge is 2.12. The van der Waals surface area contributed by atoms with Crippen molar-refractivity contribution < 1.29 is 4.52 Å². The van der Waals surface area contributed by atoms with Crippen LogP contribution in [0.15, 0.2) is 11.1 Å². The molecule has 72 valence electrons. The van der Waals surface area contributed by atoms with Crippen LogP contribution >= 0.6 is 11.8 Å². The average molecular weight is 198 g/mol. The summed E-state index contributed by atoms with van der Waals surface area (Å²) in [5, 5.41) is 3.81. The van der Waals surface area contributed by atoms with Gasteiger partial charge in [-0.05, 0) is 6.08 Å². The van der Waals surface area contributed by atoms with Gasteiger partial charge in [0, 0.05) is 4.75 Å². The molecule has 0 radical (unpaired) electrons. The van der Waals surface area contributed by atoms with E-state index in [9.17, 15) is 0 Å². The molecule has 0 aromatic carbocycles. The lowest BCUT2D eigenvalue weighted by molar-refractivity contribution is 0.405. The van der Waals surface area contributed by atoms with Crippen LogP contribution in [0.5, 0.6) is 0 Å². The first-order chi connectivity index (χ1) is 6.01. The van der Waals surface area contributed by atoms with Crippen LogP contribution < -0.4 is 0 Å². The quantitative estimate of drug-likeness (QED) is 0.748. The number of rotatable bonds is 3. The van der Waals surface area contributed by atoms with Crippen LogP contribution in [0.4, 0.5) is 0 Å². The molecule has 13 heavy (non-hydrogen) atoms. The molecule has 0 N–H and O–H groups in total. The van der Waals surface area contributed by atoms with Gasteiger partial charge in [0.15, 0.2) is 5.82 Å². The number of hydrogen-bond acceptors (Lipinski definition) is 4. The highest BCUT2D eigenvalue weighted by molar-refractivity contribution is 7.99. The Hall–Kier alpha value is -0.770. The predicted octanol–water partition coefficient (Wildman–Crippen LogP) is 2.74. The largest absolute Gasteiger partial charge is 0.335 e. The SMILES string of the molecule is C=Cc1nc(CSC(C)(C)C)no1. The zero-order chi connectivity index (χ0) is 9.90. The van der Waals surface area contributed by atoms with Crippen molar-refractivity contribution in [1.29, 1.82) is 0 Å². The minimum absolute atomic E-state index is 0.231. The highest BCUT2D eigenvalue weighted by atomic mass is 32.2. The summed E-state index contributed by atoms with van der Waals surface area (Å²) in [7, 11) is 0. The first kappa shape index (κ1) is 10.3. The molecule has 0 atom stereocenters. The molecule has 0 aliphatic heterocycles. The van der Waals surface area contributed by atoms with Crippen LogP contribution in [0.2, 0.25) is 0 Å². The molecule has 1 aromatic rings. The Labute approximate surface area is 82.6 Å². The molecule has 0 unspecified atom stereocenters. The molecule has 0 aliphatic carbocycles. The van der Waals surface area contributed by atoms with Crippen LogP contribution in [0.1, 0.15) is 32.5 Å². The smallest absolute Gasteiger partial charge is 0.250 e. The summed E-state index contributed by atoms with van der Waals surface area (Å²) in [5.74, 6) is 2.00. The second-order valence-electron chi connectivity index (χ2n) is 3.65. The molecule has 1 aromatic heterocycles. The first-order valence-corrected chi connectivity index (χ1v) is 5.09. The van der Waals surface area contributed by atoms with Gasteiger partial charge in [0.1, 0.15) is 0 Å². The van der Waals surface area contributed by atoms with Crippen molar-refractivity contribution in [2.24, 2.45) is 0 Å². The maximum Gasteiger partial charge on any atom is 0.250 e. The van der Waals surface area contributed by atoms with E-state index in [0.717, 1.165) is 11.6 Å². The molecule has 1 heterocycles. The Morgan fingerprint density at radius 3 is 2.69 bits per heavy atom. The fraction of sp³-hybridized carbons (Fsp3) is 0.556. The summed E-state index contributed by atoms with van der Waals surface area (Å²) in [6.07, 6.45) is 1.55. The van der Waals surface area contributed by atoms with Gasteiger partial charge >= 0.3 is 0 Å². The minimum Gasteiger partial charge on any atom is -0.335 e. The van der Waals surface area contributed by atoms with E-state index in [1.54, 1.807) is 17.8 Å². The van der Waals surface area contributed by atoms with Crippen molar-refractivity contribution in [1.82, 2.24) is 10.1 Å². The van der Waals surface area contributed by atoms with Crippen LogP contribution in [0, 0.1) is 0 Å². The summed E-state index contributed by atoms with van der Waals surface area (Å²) in [5.41, 5.74) is 0. The molecule has 0 saturated carbocycles. The van der Waals surface area contributed by atoms with E-state index in [4.69, 9.17) is 4.52 Å². The van der Waals surface area contributed by atoms with Gasteiger partial charge in [-0.15, -0.1) is 11.8 Å². The van der Waals surface area contributed by atoms with Crippen molar-refractivity contribution in [2.45, 2.75) is 31.3 Å². The van der Waals surface area contributed by atoms with Gasteiger partial charge < -0.3 is 4.52 Å². The van der Waals surface area contributed by atoms with Gasteiger partial charge in [-0.2, -0.15) is 4.98 Å². The van der Waals surface area contributed by atoms with Gasteiger partial charge in [0.05, 0.1) is 5.75 Å². The number of aromatic nitrogens is 2. The van der Waals surface area contributed by atoms with Crippen molar-refractivity contribution in [3.63, 3.8) is 0 Å². The maximum absolute atomic E-state index is 4.89. The second kappa shape index (κ2) is 3.96. The number of nitrogens with zero attached hydrogens (tertiary/aromatic N) is 2. The molecule has 0 fully saturated rings. The average Bonchev–Trinajstić information content (AvgIpc) is 2.47. The minimum atomic E-state index is 0.231. The second-order valence-corrected chi connectivity index (χ2v) is 5.46. The van der Waals surface area contributed by atoms with E-state index in [0.29, 0.717) is 5.89 Å². The van der Waals surface area contributed by atoms with Crippen molar-refractivity contribution >= 4 is 17.8 Å². The van der Waals surface area contributed by atoms with Crippen LogP contribution in [0.3, 0.4) is 0 Å². The fourth-order valence-electron chi connectivity index (χ4n) is 0.690. The predicted molar refractivity (Wildman–Crippen MR) is 55.4 cm³/mol. The Kier molecular flexibility index (Phi) is 3.14. The molecule has 0 spiro atoms. The Bertz CT molecular complexity index is 288. The Morgan fingerprint density at radius 1 is 1.54 bits per heavy atom. The molecule has 0 saturated heterocycles. The summed E-state index contributed by atoms with van der Waals surface area (Å²) in [6.45, 7) is 10.0. The Morgan fingerprint density at radius 2 is 2.23 bits per heavy atom. The van der Waals surface area contributed by atoms with Crippen molar-refractivity contribution in [3.05, 3.63) is 18.3 Å². The summed E-state index contributed by atoms with van der Waals surface area (Å²) >= 11 is 1.79. The van der Waals surface area contributed by atoms with E-state index < -0.39 is 0 Å². The van der Waals surface area contributed by atoms with Gasteiger partial charge in [-0.3, -0.25) is 0 Å². The van der Waals surface area contributed by atoms with Gasteiger partial charge in [0.2, 0.25) is 5.89 Å². The standard InChI is InChI=1S/C9H14N2OS/c1-5-8-10-7(11-12-8)6-13-9(2,3)4/h5H,1,6H2,2-4H3. The van der Waals surface area contributed by atoms with E-state index in [2.05, 4.69) is 37.5 Å². The molecule has 4 heteroatoms. The van der Waals surface area contributed by atoms with Crippen molar-refractivity contribution in [3.8, 4) is 0 Å². The third-order valence-electron chi connectivity index (χ3n) is 1.29. The molecule has 0 aliphatic rings. The van der Waals surface area contributed by atoms with E-state index in [1.165, 1.54) is 0 Å². The first-order valence-electron chi connectivity index (χ1n) is 4.10. The lowest BCUT2D eigenvalue weighted by Gasteiger charge is -2.15. The normalized spacial score (nSPS) is 11.6. The Balaban J connectivity index is 2.50. The van der Waals surface area contributed by atoms with E-state index in [1.807, 2.05) is 0 Å². The monoisotopic (exact) mass is 198 g/mol. The van der Waals surface area contributed by atoms with Gasteiger partial charge in [-0.1, -0.05) is 32.5 Å². The highest BCUT2D eigenvalue weighted by Crippen LogP contribution is 2.25. The van der Waals surface area contributed by atoms with Crippen LogP contribution in [-0.4, -0.2) is 14.9 Å². The molecule has 0 bridgehead atoms. The molecule has 0 amide bonds. The maximum atomic E-state index is 4.89. The van der Waals surface area contributed by atoms with E-state index >= 15 is 0 Å². The summed E-state index contributed by atoms with van der Waals surface area (Å²) in [4.78, 5) is 4.12. The fourth-order valence-corrected chi connectivity index (χ4v) is 1.37. The lowest BCUT2D eigenvalue weighted by Crippen LogP contribution is -2.07. The summed E-state index contributed by atoms with van der Waals surface area (Å²) in [6, 6.07) is 0. The summed E-state index contributed by atoms with van der Waals surface area (Å²) < 4.78 is 5.12. The van der Waals surface area contributed by atoms with Gasteiger partial charge in [-0.25, -0.2) is 0 Å². The number of hydrogen-bond donors (Lipinski definition) is 0. The zero-order valence-corrected chi connectivity index (χ0v) is 9.02. The van der Waals surface area contributed by atoms with Crippen molar-refractivity contribution in [2.75, 3.05) is 0 Å².